The summed E-state index contributed by atoms with van der Waals surface area (Å²) in [7, 11) is 0. The van der Waals surface area contributed by atoms with Crippen LogP contribution >= 0.6 is 0 Å². The van der Waals surface area contributed by atoms with E-state index in [1.54, 1.807) is 12.1 Å². The van der Waals surface area contributed by atoms with E-state index in [0.717, 1.165) is 17.4 Å². The Bertz CT molecular complexity index is 1040. The van der Waals surface area contributed by atoms with Crippen molar-refractivity contribution in [3.63, 3.8) is 0 Å². The number of alkyl halides is 3. The number of hydrogen-bond donors (Lipinski definition) is 2. The molecule has 2 aromatic carbocycles. The summed E-state index contributed by atoms with van der Waals surface area (Å²) >= 11 is 0. The smallest absolute Gasteiger partial charge is 0.340 e. The van der Waals surface area contributed by atoms with Gasteiger partial charge in [0.2, 0.25) is 5.95 Å². The Morgan fingerprint density at radius 3 is 2.06 bits per heavy atom. The first-order valence-electron chi connectivity index (χ1n) is 11.0. The molecular weight excluding hydrogens is 413 g/mol. The van der Waals surface area contributed by atoms with Crippen LogP contribution in [-0.4, -0.2) is 9.97 Å². The largest absolute Gasteiger partial charge is 0.421 e. The lowest BCUT2D eigenvalue weighted by Gasteiger charge is -2.16. The van der Waals surface area contributed by atoms with Gasteiger partial charge in [0.1, 0.15) is 11.4 Å². The summed E-state index contributed by atoms with van der Waals surface area (Å²) in [6.45, 7) is 4.12. The Labute approximate surface area is 186 Å². The summed E-state index contributed by atoms with van der Waals surface area (Å²) in [5.41, 5.74) is 2.77. The van der Waals surface area contributed by atoms with E-state index in [4.69, 9.17) is 0 Å². The highest BCUT2D eigenvalue weighted by Gasteiger charge is 2.35. The molecule has 1 aromatic heterocycles. The maximum Gasteiger partial charge on any atom is 0.421 e. The molecule has 0 amide bonds. The summed E-state index contributed by atoms with van der Waals surface area (Å²) in [5, 5.41) is 5.83. The van der Waals surface area contributed by atoms with Crippen molar-refractivity contribution < 1.29 is 13.2 Å². The van der Waals surface area contributed by atoms with Crippen molar-refractivity contribution >= 4 is 23.1 Å². The molecule has 0 atom stereocenters. The SMILES string of the molecule is CC(C)c1ccc(Nc2nc(Nc3ccc(C4CCCC4)cc3)ncc2C(F)(F)F)cc1. The number of rotatable bonds is 6. The number of halogens is 3. The van der Waals surface area contributed by atoms with Crippen molar-refractivity contribution in [1.82, 2.24) is 9.97 Å². The van der Waals surface area contributed by atoms with Crippen molar-refractivity contribution in [3.8, 4) is 0 Å². The Kier molecular flexibility index (Phi) is 6.35. The second-order valence-electron chi connectivity index (χ2n) is 8.58. The highest BCUT2D eigenvalue weighted by molar-refractivity contribution is 5.63. The van der Waals surface area contributed by atoms with Gasteiger partial charge >= 0.3 is 6.18 Å². The van der Waals surface area contributed by atoms with Crippen molar-refractivity contribution in [1.29, 1.82) is 0 Å². The van der Waals surface area contributed by atoms with Crippen LogP contribution in [0.25, 0.3) is 0 Å². The van der Waals surface area contributed by atoms with E-state index in [9.17, 15) is 13.2 Å². The van der Waals surface area contributed by atoms with Crippen molar-refractivity contribution in [2.45, 2.75) is 57.5 Å². The molecule has 0 aliphatic heterocycles. The average Bonchev–Trinajstić information content (AvgIpc) is 3.29. The molecule has 1 aliphatic carbocycles. The average molecular weight is 441 g/mol. The minimum atomic E-state index is -4.57. The van der Waals surface area contributed by atoms with Gasteiger partial charge in [-0.05, 0) is 60.1 Å². The molecule has 0 unspecified atom stereocenters. The fourth-order valence-corrected chi connectivity index (χ4v) is 4.06. The standard InChI is InChI=1S/C25H27F3N4/c1-16(2)17-7-11-20(12-8-17)30-23-22(25(26,27)28)15-29-24(32-23)31-21-13-9-19(10-14-21)18-5-3-4-6-18/h7-16,18H,3-6H2,1-2H3,(H2,29,30,31,32). The predicted octanol–water partition coefficient (Wildman–Crippen LogP) is 7.76. The molecule has 1 fully saturated rings. The van der Waals surface area contributed by atoms with Crippen LogP contribution in [0.2, 0.25) is 0 Å². The van der Waals surface area contributed by atoms with Gasteiger partial charge in [-0.1, -0.05) is 51.0 Å². The van der Waals surface area contributed by atoms with Gasteiger partial charge in [0.15, 0.2) is 0 Å². The third-order valence-electron chi connectivity index (χ3n) is 5.93. The minimum absolute atomic E-state index is 0.105. The van der Waals surface area contributed by atoms with E-state index in [1.165, 1.54) is 31.2 Å². The Morgan fingerprint density at radius 2 is 1.47 bits per heavy atom. The molecule has 0 bridgehead atoms. The number of anilines is 4. The maximum atomic E-state index is 13.5. The number of hydrogen-bond acceptors (Lipinski definition) is 4. The summed E-state index contributed by atoms with van der Waals surface area (Å²) in [4.78, 5) is 8.03. The van der Waals surface area contributed by atoms with Gasteiger partial charge < -0.3 is 10.6 Å². The zero-order valence-corrected chi connectivity index (χ0v) is 18.2. The molecule has 2 N–H and O–H groups in total. The second kappa shape index (κ2) is 9.18. The van der Waals surface area contributed by atoms with Gasteiger partial charge in [-0.25, -0.2) is 4.98 Å². The van der Waals surface area contributed by atoms with Gasteiger partial charge in [0.25, 0.3) is 0 Å². The van der Waals surface area contributed by atoms with Gasteiger partial charge in [-0.15, -0.1) is 0 Å². The first-order valence-corrected chi connectivity index (χ1v) is 11.0. The lowest BCUT2D eigenvalue weighted by atomic mass is 9.98. The lowest BCUT2D eigenvalue weighted by molar-refractivity contribution is -0.137. The minimum Gasteiger partial charge on any atom is -0.340 e. The molecular formula is C25H27F3N4. The molecule has 168 valence electrons. The number of nitrogens with one attached hydrogen (secondary N) is 2. The van der Waals surface area contributed by atoms with Crippen LogP contribution in [0.15, 0.2) is 54.7 Å². The van der Waals surface area contributed by atoms with Gasteiger partial charge in [0.05, 0.1) is 0 Å². The van der Waals surface area contributed by atoms with Crippen molar-refractivity contribution in [3.05, 3.63) is 71.4 Å². The first-order chi connectivity index (χ1) is 15.3. The third-order valence-corrected chi connectivity index (χ3v) is 5.93. The highest BCUT2D eigenvalue weighted by atomic mass is 19.4. The fraction of sp³-hybridized carbons (Fsp3) is 0.360. The molecule has 32 heavy (non-hydrogen) atoms. The van der Waals surface area contributed by atoms with Crippen LogP contribution in [0, 0.1) is 0 Å². The Hall–Kier alpha value is -3.09. The normalized spacial score (nSPS) is 14.7. The van der Waals surface area contributed by atoms with Gasteiger partial charge in [-0.2, -0.15) is 18.2 Å². The first kappa shape index (κ1) is 22.1. The van der Waals surface area contributed by atoms with Crippen molar-refractivity contribution in [2.75, 3.05) is 10.6 Å². The van der Waals surface area contributed by atoms with E-state index < -0.39 is 11.7 Å². The summed E-state index contributed by atoms with van der Waals surface area (Å²) in [6.07, 6.45) is 1.19. The Morgan fingerprint density at radius 1 is 0.875 bits per heavy atom. The quantitative estimate of drug-likeness (QED) is 0.411. The zero-order chi connectivity index (χ0) is 22.7. The van der Waals surface area contributed by atoms with Crippen LogP contribution in [0.3, 0.4) is 0 Å². The number of benzene rings is 2. The summed E-state index contributed by atoms with van der Waals surface area (Å²) in [6, 6.07) is 15.3. The molecule has 1 saturated carbocycles. The Balaban J connectivity index is 1.55. The molecule has 0 saturated heterocycles. The van der Waals surface area contributed by atoms with Crippen LogP contribution in [0.5, 0.6) is 0 Å². The van der Waals surface area contributed by atoms with Crippen LogP contribution in [-0.2, 0) is 6.18 Å². The van der Waals surface area contributed by atoms with Crippen LogP contribution in [0.1, 0.15) is 68.1 Å². The molecule has 1 aliphatic rings. The monoisotopic (exact) mass is 440 g/mol. The predicted molar refractivity (Wildman–Crippen MR) is 122 cm³/mol. The van der Waals surface area contributed by atoms with E-state index in [1.807, 2.05) is 24.3 Å². The van der Waals surface area contributed by atoms with Gasteiger partial charge in [-0.3, -0.25) is 0 Å². The summed E-state index contributed by atoms with van der Waals surface area (Å²) < 4.78 is 40.6. The molecule has 7 heteroatoms. The van der Waals surface area contributed by atoms with Crippen molar-refractivity contribution in [2.24, 2.45) is 0 Å². The van der Waals surface area contributed by atoms with E-state index in [0.29, 0.717) is 17.5 Å². The maximum absolute atomic E-state index is 13.5. The topological polar surface area (TPSA) is 49.8 Å². The molecule has 0 spiro atoms. The van der Waals surface area contributed by atoms with E-state index in [2.05, 4.69) is 46.6 Å². The highest BCUT2D eigenvalue weighted by Crippen LogP contribution is 2.36. The lowest BCUT2D eigenvalue weighted by Crippen LogP contribution is -2.12. The van der Waals surface area contributed by atoms with Gasteiger partial charge in [0, 0.05) is 17.6 Å². The van der Waals surface area contributed by atoms with E-state index in [-0.39, 0.29) is 11.8 Å². The number of nitrogens with zero attached hydrogens (tertiary/aromatic N) is 2. The number of aromatic nitrogens is 2. The zero-order valence-electron chi connectivity index (χ0n) is 18.2. The third kappa shape index (κ3) is 5.21. The molecule has 4 rings (SSSR count). The second-order valence-corrected chi connectivity index (χ2v) is 8.58. The fourth-order valence-electron chi connectivity index (χ4n) is 4.06. The van der Waals surface area contributed by atoms with Crippen LogP contribution in [0.4, 0.5) is 36.3 Å². The molecule has 4 nitrogen and oxygen atoms in total. The summed E-state index contributed by atoms with van der Waals surface area (Å²) in [5.74, 6) is 0.761. The van der Waals surface area contributed by atoms with E-state index >= 15 is 0 Å². The molecule has 0 radical (unpaired) electrons. The molecule has 1 heterocycles. The van der Waals surface area contributed by atoms with Crippen LogP contribution < -0.4 is 10.6 Å². The molecule has 3 aromatic rings.